The van der Waals surface area contributed by atoms with Crippen LogP contribution in [0, 0.1) is 0 Å². The number of carbonyl (C=O) groups is 1. The molecule has 0 radical (unpaired) electrons. The maximum Gasteiger partial charge on any atom is 0.407 e. The van der Waals surface area contributed by atoms with Crippen LogP contribution < -0.4 is 5.32 Å². The summed E-state index contributed by atoms with van der Waals surface area (Å²) in [5, 5.41) is 4.65. The van der Waals surface area contributed by atoms with Crippen molar-refractivity contribution < 1.29 is 9.53 Å². The number of alkyl carbamates (subject to hydrolysis) is 1. The van der Waals surface area contributed by atoms with E-state index in [4.69, 9.17) is 4.74 Å². The minimum Gasteiger partial charge on any atom is -0.444 e. The first-order chi connectivity index (χ1) is 6.94. The summed E-state index contributed by atoms with van der Waals surface area (Å²) in [6, 6.07) is 0.330. The molecule has 1 amide bonds. The summed E-state index contributed by atoms with van der Waals surface area (Å²) in [4.78, 5) is 11.5. The molecule has 2 aliphatic rings. The van der Waals surface area contributed by atoms with Crippen molar-refractivity contribution >= 4 is 17.9 Å². The van der Waals surface area contributed by atoms with E-state index in [0.717, 1.165) is 23.3 Å². The number of fused-ring (bicyclic) bond motifs is 1. The zero-order valence-corrected chi connectivity index (χ0v) is 10.4. The highest BCUT2D eigenvalue weighted by atomic mass is 32.2. The van der Waals surface area contributed by atoms with Crippen LogP contribution in [0.5, 0.6) is 0 Å². The minimum atomic E-state index is -0.393. The first-order valence-electron chi connectivity index (χ1n) is 5.59. The van der Waals surface area contributed by atoms with Crippen molar-refractivity contribution in [3.8, 4) is 0 Å². The van der Waals surface area contributed by atoms with Crippen LogP contribution in [0.25, 0.3) is 0 Å². The van der Waals surface area contributed by atoms with E-state index in [-0.39, 0.29) is 6.09 Å². The van der Waals surface area contributed by atoms with Crippen molar-refractivity contribution in [2.45, 2.75) is 62.2 Å². The van der Waals surface area contributed by atoms with E-state index in [0.29, 0.717) is 6.04 Å². The zero-order valence-electron chi connectivity index (χ0n) is 9.58. The smallest absolute Gasteiger partial charge is 0.407 e. The molecule has 0 aromatic heterocycles. The van der Waals surface area contributed by atoms with E-state index in [1.165, 1.54) is 6.42 Å². The third-order valence-electron chi connectivity index (χ3n) is 2.72. The Labute approximate surface area is 95.3 Å². The van der Waals surface area contributed by atoms with Gasteiger partial charge in [-0.2, -0.15) is 11.8 Å². The van der Waals surface area contributed by atoms with E-state index in [2.05, 4.69) is 17.1 Å². The van der Waals surface area contributed by atoms with Crippen LogP contribution in [0.2, 0.25) is 0 Å². The summed E-state index contributed by atoms with van der Waals surface area (Å²) in [7, 11) is 0. The molecule has 0 unspecified atom stereocenters. The molecular formula is C11H19NO2S. The number of hydrogen-bond acceptors (Lipinski definition) is 3. The van der Waals surface area contributed by atoms with Gasteiger partial charge in [0.15, 0.2) is 0 Å². The van der Waals surface area contributed by atoms with Crippen LogP contribution in [0.3, 0.4) is 0 Å². The second-order valence-corrected chi connectivity index (χ2v) is 6.85. The summed E-state index contributed by atoms with van der Waals surface area (Å²) < 4.78 is 5.23. The second kappa shape index (κ2) is 3.89. The maximum absolute atomic E-state index is 11.5. The van der Waals surface area contributed by atoms with Crippen LogP contribution in [0.1, 0.15) is 40.0 Å². The van der Waals surface area contributed by atoms with Gasteiger partial charge in [0.2, 0.25) is 0 Å². The average molecular weight is 229 g/mol. The van der Waals surface area contributed by atoms with Gasteiger partial charge in [0, 0.05) is 16.5 Å². The van der Waals surface area contributed by atoms with Crippen LogP contribution in [0.15, 0.2) is 0 Å². The van der Waals surface area contributed by atoms with E-state index in [1.807, 2.05) is 20.8 Å². The summed E-state index contributed by atoms with van der Waals surface area (Å²) in [6.07, 6.45) is 3.20. The molecule has 4 heteroatoms. The quantitative estimate of drug-likeness (QED) is 0.702. The Morgan fingerprint density at radius 1 is 1.33 bits per heavy atom. The fourth-order valence-corrected chi connectivity index (χ4v) is 3.23. The minimum absolute atomic E-state index is 0.267. The molecule has 1 saturated heterocycles. The number of ether oxygens (including phenoxy) is 1. The predicted molar refractivity (Wildman–Crippen MR) is 62.2 cm³/mol. The van der Waals surface area contributed by atoms with Gasteiger partial charge in [-0.1, -0.05) is 0 Å². The highest BCUT2D eigenvalue weighted by molar-refractivity contribution is 8.07. The first-order valence-corrected chi connectivity index (χ1v) is 6.53. The molecule has 2 rings (SSSR count). The molecule has 2 fully saturated rings. The highest BCUT2D eigenvalue weighted by Gasteiger charge is 2.43. The number of carbonyl (C=O) groups excluding carboxylic acids is 1. The SMILES string of the molecule is CC(C)(C)OC(=O)N[C@H]1CC[C@@H]2S[C@@H]2C1. The van der Waals surface area contributed by atoms with Gasteiger partial charge >= 0.3 is 6.09 Å². The van der Waals surface area contributed by atoms with Crippen LogP contribution in [-0.2, 0) is 4.74 Å². The Hall–Kier alpha value is -0.380. The fraction of sp³-hybridized carbons (Fsp3) is 0.909. The molecule has 0 spiro atoms. The van der Waals surface area contributed by atoms with Crippen molar-refractivity contribution in [2.75, 3.05) is 0 Å². The molecule has 1 heterocycles. The predicted octanol–water partition coefficient (Wildman–Crippen LogP) is 2.55. The lowest BCUT2D eigenvalue weighted by Gasteiger charge is -2.25. The summed E-state index contributed by atoms with van der Waals surface area (Å²) in [6.45, 7) is 5.67. The Bertz CT molecular complexity index is 262. The molecule has 3 nitrogen and oxygen atoms in total. The molecule has 1 N–H and O–H groups in total. The van der Waals surface area contributed by atoms with E-state index in [1.54, 1.807) is 0 Å². The number of nitrogens with one attached hydrogen (secondary N) is 1. The number of thioether (sulfide) groups is 1. The molecule has 0 bridgehead atoms. The topological polar surface area (TPSA) is 38.3 Å². The average Bonchev–Trinajstić information content (AvgIpc) is 2.77. The van der Waals surface area contributed by atoms with Gasteiger partial charge in [-0.25, -0.2) is 4.79 Å². The molecule has 86 valence electrons. The van der Waals surface area contributed by atoms with Gasteiger partial charge in [0.1, 0.15) is 5.60 Å². The van der Waals surface area contributed by atoms with Crippen molar-refractivity contribution in [1.82, 2.24) is 5.32 Å². The van der Waals surface area contributed by atoms with Gasteiger partial charge in [-0.05, 0) is 40.0 Å². The second-order valence-electron chi connectivity index (χ2n) is 5.37. The van der Waals surface area contributed by atoms with E-state index in [9.17, 15) is 4.79 Å². The maximum atomic E-state index is 11.5. The molecular weight excluding hydrogens is 210 g/mol. The highest BCUT2D eigenvalue weighted by Crippen LogP contribution is 2.50. The summed E-state index contributed by atoms with van der Waals surface area (Å²) >= 11 is 2.05. The molecule has 1 aliphatic carbocycles. The number of rotatable bonds is 1. The van der Waals surface area contributed by atoms with Gasteiger partial charge in [-0.15, -0.1) is 0 Å². The van der Waals surface area contributed by atoms with E-state index >= 15 is 0 Å². The Morgan fingerprint density at radius 2 is 2.07 bits per heavy atom. The molecule has 3 atom stereocenters. The lowest BCUT2D eigenvalue weighted by molar-refractivity contribution is 0.0496. The monoisotopic (exact) mass is 229 g/mol. The molecule has 0 aromatic carbocycles. The Morgan fingerprint density at radius 3 is 2.67 bits per heavy atom. The van der Waals surface area contributed by atoms with Crippen molar-refractivity contribution in [2.24, 2.45) is 0 Å². The number of amides is 1. The van der Waals surface area contributed by atoms with Gasteiger partial charge < -0.3 is 10.1 Å². The summed E-state index contributed by atoms with van der Waals surface area (Å²) in [5.41, 5.74) is -0.393. The number of hydrogen-bond donors (Lipinski definition) is 1. The molecule has 15 heavy (non-hydrogen) atoms. The van der Waals surface area contributed by atoms with Gasteiger partial charge in [-0.3, -0.25) is 0 Å². The van der Waals surface area contributed by atoms with E-state index < -0.39 is 5.60 Å². The largest absolute Gasteiger partial charge is 0.444 e. The summed E-state index contributed by atoms with van der Waals surface area (Å²) in [5.74, 6) is 0. The fourth-order valence-electron chi connectivity index (χ4n) is 2.01. The van der Waals surface area contributed by atoms with Crippen molar-refractivity contribution in [3.05, 3.63) is 0 Å². The third kappa shape index (κ3) is 3.30. The first kappa shape index (κ1) is 11.1. The lowest BCUT2D eigenvalue weighted by Crippen LogP contribution is -2.41. The molecule has 1 aliphatic heterocycles. The van der Waals surface area contributed by atoms with Crippen molar-refractivity contribution in [1.29, 1.82) is 0 Å². The standard InChI is InChI=1S/C11H19NO2S/c1-11(2,3)14-10(13)12-7-4-5-8-9(6-7)15-8/h7-9H,4-6H2,1-3H3,(H,12,13)/t7-,8-,9+/m0/s1. The Balaban J connectivity index is 1.74. The van der Waals surface area contributed by atoms with Crippen LogP contribution >= 0.6 is 11.8 Å². The Kier molecular flexibility index (Phi) is 2.88. The van der Waals surface area contributed by atoms with Crippen molar-refractivity contribution in [3.63, 3.8) is 0 Å². The molecule has 0 aromatic rings. The normalized spacial score (nSPS) is 34.2. The van der Waals surface area contributed by atoms with Crippen LogP contribution in [-0.4, -0.2) is 28.2 Å². The lowest BCUT2D eigenvalue weighted by atomic mass is 9.96. The van der Waals surface area contributed by atoms with Crippen LogP contribution in [0.4, 0.5) is 4.79 Å². The van der Waals surface area contributed by atoms with Gasteiger partial charge in [0.25, 0.3) is 0 Å². The molecule has 1 saturated carbocycles. The zero-order chi connectivity index (χ0) is 11.1. The van der Waals surface area contributed by atoms with Gasteiger partial charge in [0.05, 0.1) is 0 Å². The third-order valence-corrected chi connectivity index (χ3v) is 4.20.